The lowest BCUT2D eigenvalue weighted by Gasteiger charge is -2.25. The maximum Gasteiger partial charge on any atom is 0.410 e. The predicted molar refractivity (Wildman–Crippen MR) is 89.2 cm³/mol. The molecule has 1 fully saturated rings. The van der Waals surface area contributed by atoms with Crippen LogP contribution < -0.4 is 5.32 Å². The minimum Gasteiger partial charge on any atom is -0.444 e. The fourth-order valence-electron chi connectivity index (χ4n) is 2.59. The third kappa shape index (κ3) is 4.89. The number of nitrogens with zero attached hydrogens (tertiary/aromatic N) is 1. The van der Waals surface area contributed by atoms with Gasteiger partial charge in [0.15, 0.2) is 0 Å². The summed E-state index contributed by atoms with van der Waals surface area (Å²) in [5.41, 5.74) is 0.749. The molecular formula is C17H25ClN2O2. The third-order valence-corrected chi connectivity index (χ3v) is 3.95. The molecule has 0 saturated carbocycles. The standard InChI is InChI=1S/C17H25ClN2O2/c1-12(13-5-7-14(18)8-6-13)19-15-9-10-20(11-15)16(21)22-17(2,3)4/h5-8,12,15,19H,9-11H2,1-4H3/t12-,15?/m1/s1. The summed E-state index contributed by atoms with van der Waals surface area (Å²) in [6, 6.07) is 8.37. The molecule has 2 rings (SSSR count). The van der Waals surface area contributed by atoms with E-state index in [1.165, 1.54) is 5.56 Å². The van der Waals surface area contributed by atoms with E-state index in [0.29, 0.717) is 6.54 Å². The highest BCUT2D eigenvalue weighted by Crippen LogP contribution is 2.20. The van der Waals surface area contributed by atoms with Crippen molar-refractivity contribution < 1.29 is 9.53 Å². The van der Waals surface area contributed by atoms with Gasteiger partial charge in [0.1, 0.15) is 5.60 Å². The fourth-order valence-corrected chi connectivity index (χ4v) is 2.72. The van der Waals surface area contributed by atoms with E-state index in [0.717, 1.165) is 18.0 Å². The van der Waals surface area contributed by atoms with Gasteiger partial charge in [-0.2, -0.15) is 0 Å². The zero-order valence-electron chi connectivity index (χ0n) is 13.7. The molecule has 1 unspecified atom stereocenters. The second kappa shape index (κ2) is 6.88. The van der Waals surface area contributed by atoms with E-state index in [1.54, 1.807) is 4.90 Å². The average Bonchev–Trinajstić information content (AvgIpc) is 2.86. The molecule has 0 aliphatic carbocycles. The van der Waals surface area contributed by atoms with E-state index in [1.807, 2.05) is 45.0 Å². The highest BCUT2D eigenvalue weighted by Gasteiger charge is 2.30. The number of hydrogen-bond acceptors (Lipinski definition) is 3. The van der Waals surface area contributed by atoms with Crippen LogP contribution in [0.15, 0.2) is 24.3 Å². The van der Waals surface area contributed by atoms with E-state index in [2.05, 4.69) is 12.2 Å². The molecule has 1 heterocycles. The molecule has 1 N–H and O–H groups in total. The van der Waals surface area contributed by atoms with Gasteiger partial charge < -0.3 is 15.0 Å². The third-order valence-electron chi connectivity index (χ3n) is 3.70. The van der Waals surface area contributed by atoms with E-state index < -0.39 is 5.60 Å². The molecule has 122 valence electrons. The van der Waals surface area contributed by atoms with Gasteiger partial charge in [0, 0.05) is 30.2 Å². The van der Waals surface area contributed by atoms with Crippen LogP contribution in [0.25, 0.3) is 0 Å². The molecule has 1 aromatic carbocycles. The SMILES string of the molecule is C[C@@H](NC1CCN(C(=O)OC(C)(C)C)C1)c1ccc(Cl)cc1. The van der Waals surface area contributed by atoms with Gasteiger partial charge in [-0.1, -0.05) is 23.7 Å². The van der Waals surface area contributed by atoms with Crippen molar-refractivity contribution in [1.29, 1.82) is 0 Å². The van der Waals surface area contributed by atoms with Crippen LogP contribution in [0, 0.1) is 0 Å². The molecule has 4 nitrogen and oxygen atoms in total. The number of rotatable bonds is 3. The Hall–Kier alpha value is -1.26. The van der Waals surface area contributed by atoms with Crippen LogP contribution >= 0.6 is 11.6 Å². The first-order valence-electron chi connectivity index (χ1n) is 7.74. The van der Waals surface area contributed by atoms with Gasteiger partial charge in [-0.25, -0.2) is 4.79 Å². The van der Waals surface area contributed by atoms with Crippen molar-refractivity contribution in [2.45, 2.75) is 51.8 Å². The Labute approximate surface area is 137 Å². The van der Waals surface area contributed by atoms with Crippen molar-refractivity contribution in [3.63, 3.8) is 0 Å². The van der Waals surface area contributed by atoms with Crippen LogP contribution in [0.3, 0.4) is 0 Å². The molecule has 1 saturated heterocycles. The topological polar surface area (TPSA) is 41.6 Å². The van der Waals surface area contributed by atoms with Gasteiger partial charge in [0.2, 0.25) is 0 Å². The van der Waals surface area contributed by atoms with Crippen LogP contribution in [0.1, 0.15) is 45.7 Å². The molecule has 1 aromatic rings. The number of carbonyl (C=O) groups excluding carboxylic acids is 1. The minimum atomic E-state index is -0.445. The summed E-state index contributed by atoms with van der Waals surface area (Å²) >= 11 is 5.91. The van der Waals surface area contributed by atoms with Crippen LogP contribution in [0.2, 0.25) is 5.02 Å². The Morgan fingerprint density at radius 1 is 1.36 bits per heavy atom. The van der Waals surface area contributed by atoms with Crippen molar-refractivity contribution in [3.05, 3.63) is 34.9 Å². The Kier molecular flexibility index (Phi) is 5.35. The number of halogens is 1. The normalized spacial score (nSPS) is 20.0. The van der Waals surface area contributed by atoms with Crippen molar-refractivity contribution >= 4 is 17.7 Å². The smallest absolute Gasteiger partial charge is 0.410 e. The lowest BCUT2D eigenvalue weighted by atomic mass is 10.1. The number of ether oxygens (including phenoxy) is 1. The quantitative estimate of drug-likeness (QED) is 0.913. The molecule has 22 heavy (non-hydrogen) atoms. The van der Waals surface area contributed by atoms with Gasteiger partial charge in [0.05, 0.1) is 0 Å². The van der Waals surface area contributed by atoms with Crippen LogP contribution in [0.4, 0.5) is 4.79 Å². The van der Waals surface area contributed by atoms with Crippen molar-refractivity contribution in [3.8, 4) is 0 Å². The summed E-state index contributed by atoms with van der Waals surface area (Å²) in [5.74, 6) is 0. The summed E-state index contributed by atoms with van der Waals surface area (Å²) in [6.07, 6.45) is 0.716. The average molecular weight is 325 g/mol. The van der Waals surface area contributed by atoms with E-state index in [9.17, 15) is 4.79 Å². The molecule has 1 aliphatic rings. The summed E-state index contributed by atoms with van der Waals surface area (Å²) in [4.78, 5) is 13.8. The van der Waals surface area contributed by atoms with Crippen molar-refractivity contribution in [2.75, 3.05) is 13.1 Å². The summed E-state index contributed by atoms with van der Waals surface area (Å²) in [5, 5.41) is 4.31. The second-order valence-corrected chi connectivity index (χ2v) is 7.29. The largest absolute Gasteiger partial charge is 0.444 e. The summed E-state index contributed by atoms with van der Waals surface area (Å²) in [7, 11) is 0. The van der Waals surface area contributed by atoms with Crippen LogP contribution in [0.5, 0.6) is 0 Å². The fraction of sp³-hybridized carbons (Fsp3) is 0.588. The number of nitrogens with one attached hydrogen (secondary N) is 1. The monoisotopic (exact) mass is 324 g/mol. The van der Waals surface area contributed by atoms with Gasteiger partial charge >= 0.3 is 6.09 Å². The van der Waals surface area contributed by atoms with Crippen LogP contribution in [-0.2, 0) is 4.74 Å². The van der Waals surface area contributed by atoms with Crippen molar-refractivity contribution in [2.24, 2.45) is 0 Å². The van der Waals surface area contributed by atoms with E-state index >= 15 is 0 Å². The van der Waals surface area contributed by atoms with Gasteiger partial charge in [-0.05, 0) is 51.8 Å². The molecule has 0 bridgehead atoms. The highest BCUT2D eigenvalue weighted by atomic mass is 35.5. The number of carbonyl (C=O) groups is 1. The molecule has 1 amide bonds. The second-order valence-electron chi connectivity index (χ2n) is 6.85. The maximum absolute atomic E-state index is 12.1. The van der Waals surface area contributed by atoms with Crippen LogP contribution in [-0.4, -0.2) is 35.7 Å². The Morgan fingerprint density at radius 3 is 2.59 bits per heavy atom. The number of likely N-dealkylation sites (tertiary alicyclic amines) is 1. The maximum atomic E-state index is 12.1. The predicted octanol–water partition coefficient (Wildman–Crippen LogP) is 4.00. The Morgan fingerprint density at radius 2 is 2.00 bits per heavy atom. The number of amides is 1. The summed E-state index contributed by atoms with van der Waals surface area (Å²) in [6.45, 7) is 9.21. The minimum absolute atomic E-state index is 0.223. The number of hydrogen-bond donors (Lipinski definition) is 1. The lowest BCUT2D eigenvalue weighted by molar-refractivity contribution is 0.0290. The van der Waals surface area contributed by atoms with E-state index in [4.69, 9.17) is 16.3 Å². The number of benzene rings is 1. The first-order chi connectivity index (χ1) is 10.2. The first kappa shape index (κ1) is 17.1. The molecule has 5 heteroatoms. The Bertz CT molecular complexity index is 510. The van der Waals surface area contributed by atoms with Crippen molar-refractivity contribution in [1.82, 2.24) is 10.2 Å². The molecule has 2 atom stereocenters. The zero-order valence-corrected chi connectivity index (χ0v) is 14.5. The first-order valence-corrected chi connectivity index (χ1v) is 8.12. The van der Waals surface area contributed by atoms with Gasteiger partial charge in [-0.15, -0.1) is 0 Å². The molecular weight excluding hydrogens is 300 g/mol. The molecule has 1 aliphatic heterocycles. The zero-order chi connectivity index (χ0) is 16.3. The molecule has 0 radical (unpaired) electrons. The van der Waals surface area contributed by atoms with E-state index in [-0.39, 0.29) is 18.2 Å². The highest BCUT2D eigenvalue weighted by molar-refractivity contribution is 6.30. The summed E-state index contributed by atoms with van der Waals surface area (Å²) < 4.78 is 5.42. The van der Waals surface area contributed by atoms with Gasteiger partial charge in [-0.3, -0.25) is 0 Å². The Balaban J connectivity index is 1.85. The van der Waals surface area contributed by atoms with Gasteiger partial charge in [0.25, 0.3) is 0 Å². The lowest BCUT2D eigenvalue weighted by Crippen LogP contribution is -2.39. The molecule has 0 aromatic heterocycles. The molecule has 0 spiro atoms.